The summed E-state index contributed by atoms with van der Waals surface area (Å²) in [4.78, 5) is 35.2. The number of rotatable bonds is 8. The lowest BCUT2D eigenvalue weighted by Gasteiger charge is -2.18. The number of hydrogen-bond donors (Lipinski definition) is 1. The molecular formula is C23H20N2O6. The minimum Gasteiger partial charge on any atom is -0.459 e. The summed E-state index contributed by atoms with van der Waals surface area (Å²) >= 11 is 0. The zero-order chi connectivity index (χ0) is 22.1. The molecule has 1 N–H and O–H groups in total. The number of nitro benzene ring substituents is 1. The number of carbonyl (C=O) groups is 2. The summed E-state index contributed by atoms with van der Waals surface area (Å²) in [5, 5.41) is 13.2. The van der Waals surface area contributed by atoms with E-state index in [-0.39, 0.29) is 24.5 Å². The molecule has 0 fully saturated rings. The molecule has 8 heteroatoms. The molecule has 0 spiro atoms. The van der Waals surface area contributed by atoms with Crippen LogP contribution in [-0.4, -0.2) is 23.0 Å². The van der Waals surface area contributed by atoms with Gasteiger partial charge in [0.15, 0.2) is 0 Å². The molecule has 0 aliphatic carbocycles. The lowest BCUT2D eigenvalue weighted by atomic mass is 10.1. The molecule has 0 saturated heterocycles. The number of hydrogen-bond acceptors (Lipinski definition) is 6. The minimum atomic E-state index is -0.975. The standard InChI is InChI=1S/C23H20N2O6/c26-22(30-16-18-9-5-2-6-10-18)21(15-17-7-3-1-4-8-17)24-23(27)31-20-13-11-19(12-14-20)25(28)29/h1-14,21H,15-16H2,(H,24,27)/t21-/m0/s1. The maximum absolute atomic E-state index is 12.7. The second-order valence-electron chi connectivity index (χ2n) is 6.62. The Balaban J connectivity index is 1.65. The number of nitrogens with one attached hydrogen (secondary N) is 1. The van der Waals surface area contributed by atoms with Crippen molar-refractivity contribution in [2.45, 2.75) is 19.1 Å². The number of non-ortho nitro benzene ring substituents is 1. The fourth-order valence-corrected chi connectivity index (χ4v) is 2.79. The highest BCUT2D eigenvalue weighted by Gasteiger charge is 2.24. The van der Waals surface area contributed by atoms with Gasteiger partial charge in [-0.15, -0.1) is 0 Å². The molecule has 0 aliphatic rings. The van der Waals surface area contributed by atoms with E-state index in [0.717, 1.165) is 11.1 Å². The normalized spacial score (nSPS) is 11.2. The van der Waals surface area contributed by atoms with Gasteiger partial charge in [-0.05, 0) is 23.3 Å². The second kappa shape index (κ2) is 10.5. The maximum Gasteiger partial charge on any atom is 0.413 e. The molecule has 8 nitrogen and oxygen atoms in total. The van der Waals surface area contributed by atoms with Crippen LogP contribution in [0.2, 0.25) is 0 Å². The quantitative estimate of drug-likeness (QED) is 0.335. The second-order valence-corrected chi connectivity index (χ2v) is 6.62. The summed E-state index contributed by atoms with van der Waals surface area (Å²) in [7, 11) is 0. The van der Waals surface area contributed by atoms with E-state index in [0.29, 0.717) is 0 Å². The van der Waals surface area contributed by atoms with Crippen molar-refractivity contribution in [1.82, 2.24) is 5.32 Å². The van der Waals surface area contributed by atoms with E-state index in [1.54, 1.807) is 0 Å². The van der Waals surface area contributed by atoms with Crippen LogP contribution < -0.4 is 10.1 Å². The first-order valence-electron chi connectivity index (χ1n) is 9.48. The molecule has 0 aromatic heterocycles. The maximum atomic E-state index is 12.7. The Bertz CT molecular complexity index is 1020. The lowest BCUT2D eigenvalue weighted by Crippen LogP contribution is -2.44. The van der Waals surface area contributed by atoms with Crippen molar-refractivity contribution in [1.29, 1.82) is 0 Å². The summed E-state index contributed by atoms with van der Waals surface area (Å²) < 4.78 is 10.5. The fraction of sp³-hybridized carbons (Fsp3) is 0.130. The van der Waals surface area contributed by atoms with E-state index in [4.69, 9.17) is 9.47 Å². The zero-order valence-corrected chi connectivity index (χ0v) is 16.5. The molecule has 1 atom stereocenters. The average Bonchev–Trinajstić information content (AvgIpc) is 2.78. The van der Waals surface area contributed by atoms with Crippen LogP contribution in [0, 0.1) is 10.1 Å². The van der Waals surface area contributed by atoms with Crippen LogP contribution in [0.3, 0.4) is 0 Å². The molecule has 158 valence electrons. The van der Waals surface area contributed by atoms with Gasteiger partial charge in [-0.25, -0.2) is 9.59 Å². The Labute approximate surface area is 178 Å². The number of nitro groups is 1. The van der Waals surface area contributed by atoms with Gasteiger partial charge in [0.2, 0.25) is 0 Å². The molecule has 0 radical (unpaired) electrons. The summed E-state index contributed by atoms with van der Waals surface area (Å²) in [6.45, 7) is 0.0735. The Morgan fingerprint density at radius 2 is 1.45 bits per heavy atom. The van der Waals surface area contributed by atoms with Crippen molar-refractivity contribution in [3.63, 3.8) is 0 Å². The van der Waals surface area contributed by atoms with Crippen LogP contribution in [-0.2, 0) is 22.6 Å². The van der Waals surface area contributed by atoms with E-state index in [2.05, 4.69) is 5.32 Å². The summed E-state index contributed by atoms with van der Waals surface area (Å²) in [6.07, 6.45) is -0.657. The van der Waals surface area contributed by atoms with Crippen LogP contribution in [0.4, 0.5) is 10.5 Å². The van der Waals surface area contributed by atoms with Crippen LogP contribution in [0.5, 0.6) is 5.75 Å². The fourth-order valence-electron chi connectivity index (χ4n) is 2.79. The van der Waals surface area contributed by atoms with Crippen molar-refractivity contribution >= 4 is 17.7 Å². The van der Waals surface area contributed by atoms with E-state index in [9.17, 15) is 19.7 Å². The number of esters is 1. The first-order valence-corrected chi connectivity index (χ1v) is 9.48. The highest BCUT2D eigenvalue weighted by molar-refractivity contribution is 5.82. The molecule has 0 bridgehead atoms. The van der Waals surface area contributed by atoms with Crippen LogP contribution in [0.15, 0.2) is 84.9 Å². The van der Waals surface area contributed by atoms with Gasteiger partial charge in [0.25, 0.3) is 5.69 Å². The van der Waals surface area contributed by atoms with E-state index < -0.39 is 23.0 Å². The summed E-state index contributed by atoms with van der Waals surface area (Å²) in [6, 6.07) is 22.4. The Morgan fingerprint density at radius 1 is 0.871 bits per heavy atom. The van der Waals surface area contributed by atoms with Crippen molar-refractivity contribution in [2.24, 2.45) is 0 Å². The lowest BCUT2D eigenvalue weighted by molar-refractivity contribution is -0.384. The first kappa shape index (κ1) is 21.5. The van der Waals surface area contributed by atoms with Crippen LogP contribution in [0.1, 0.15) is 11.1 Å². The molecule has 3 aromatic rings. The third-order valence-corrected chi connectivity index (χ3v) is 4.34. The topological polar surface area (TPSA) is 108 Å². The number of nitrogens with zero attached hydrogens (tertiary/aromatic N) is 1. The Kier molecular flexibility index (Phi) is 7.31. The Hall–Kier alpha value is -4.20. The predicted octanol–water partition coefficient (Wildman–Crippen LogP) is 4.04. The molecule has 0 heterocycles. The minimum absolute atomic E-state index is 0.0735. The van der Waals surface area contributed by atoms with Gasteiger partial charge < -0.3 is 14.8 Å². The van der Waals surface area contributed by atoms with Gasteiger partial charge in [-0.2, -0.15) is 0 Å². The highest BCUT2D eigenvalue weighted by atomic mass is 16.6. The third-order valence-electron chi connectivity index (χ3n) is 4.34. The van der Waals surface area contributed by atoms with E-state index >= 15 is 0 Å². The number of amides is 1. The predicted molar refractivity (Wildman–Crippen MR) is 112 cm³/mol. The first-order chi connectivity index (χ1) is 15.0. The van der Waals surface area contributed by atoms with Crippen LogP contribution >= 0.6 is 0 Å². The molecule has 0 unspecified atom stereocenters. The largest absolute Gasteiger partial charge is 0.459 e. The molecular weight excluding hydrogens is 400 g/mol. The smallest absolute Gasteiger partial charge is 0.413 e. The van der Waals surface area contributed by atoms with Gasteiger partial charge in [0, 0.05) is 18.6 Å². The van der Waals surface area contributed by atoms with Gasteiger partial charge in [0.1, 0.15) is 18.4 Å². The molecule has 3 aromatic carbocycles. The van der Waals surface area contributed by atoms with Crippen molar-refractivity contribution in [3.8, 4) is 5.75 Å². The number of benzene rings is 3. The SMILES string of the molecule is O=C(N[C@@H](Cc1ccccc1)C(=O)OCc1ccccc1)Oc1ccc([N+](=O)[O-])cc1. The summed E-state index contributed by atoms with van der Waals surface area (Å²) in [5.41, 5.74) is 1.53. The van der Waals surface area contributed by atoms with Gasteiger partial charge in [0.05, 0.1) is 4.92 Å². The molecule has 0 aliphatic heterocycles. The van der Waals surface area contributed by atoms with Crippen molar-refractivity contribution in [2.75, 3.05) is 0 Å². The van der Waals surface area contributed by atoms with Crippen molar-refractivity contribution < 1.29 is 24.0 Å². The number of carbonyl (C=O) groups excluding carboxylic acids is 2. The highest BCUT2D eigenvalue weighted by Crippen LogP contribution is 2.17. The van der Waals surface area contributed by atoms with Gasteiger partial charge in [-0.1, -0.05) is 60.7 Å². The number of ether oxygens (including phenoxy) is 2. The molecule has 1 amide bonds. The molecule has 3 rings (SSSR count). The Morgan fingerprint density at radius 3 is 2.03 bits per heavy atom. The van der Waals surface area contributed by atoms with Crippen LogP contribution in [0.25, 0.3) is 0 Å². The zero-order valence-electron chi connectivity index (χ0n) is 16.5. The monoisotopic (exact) mass is 420 g/mol. The van der Waals surface area contributed by atoms with Gasteiger partial charge in [-0.3, -0.25) is 10.1 Å². The van der Waals surface area contributed by atoms with Crippen molar-refractivity contribution in [3.05, 3.63) is 106 Å². The summed E-state index contributed by atoms with van der Waals surface area (Å²) in [5.74, 6) is -0.493. The molecule has 31 heavy (non-hydrogen) atoms. The van der Waals surface area contributed by atoms with E-state index in [1.807, 2.05) is 60.7 Å². The van der Waals surface area contributed by atoms with E-state index in [1.165, 1.54) is 24.3 Å². The average molecular weight is 420 g/mol. The third kappa shape index (κ3) is 6.67. The van der Waals surface area contributed by atoms with Gasteiger partial charge >= 0.3 is 12.1 Å². The molecule has 0 saturated carbocycles.